The van der Waals surface area contributed by atoms with Crippen molar-refractivity contribution in [3.63, 3.8) is 0 Å². The summed E-state index contributed by atoms with van der Waals surface area (Å²) in [7, 11) is 0. The Bertz CT molecular complexity index is 710. The molecule has 0 fully saturated rings. The second kappa shape index (κ2) is 8.84. The van der Waals surface area contributed by atoms with E-state index in [1.54, 1.807) is 17.4 Å². The molecule has 8 heteroatoms. The number of nitrogens with one attached hydrogen (secondary N) is 2. The number of alkyl halides is 3. The number of aliphatic imine (C=N–C) groups is 1. The third-order valence-electron chi connectivity index (χ3n) is 3.36. The Morgan fingerprint density at radius 2 is 2.08 bits per heavy atom. The average molecular weight is 370 g/mol. The van der Waals surface area contributed by atoms with Crippen LogP contribution in [0.5, 0.6) is 0 Å². The first-order valence-electron chi connectivity index (χ1n) is 7.98. The van der Waals surface area contributed by atoms with Gasteiger partial charge in [0, 0.05) is 24.9 Å². The molecular formula is C17H21F3N4S. The van der Waals surface area contributed by atoms with E-state index in [1.807, 2.05) is 19.2 Å². The predicted octanol–water partition coefficient (Wildman–Crippen LogP) is 3.77. The second-order valence-electron chi connectivity index (χ2n) is 5.43. The maximum Gasteiger partial charge on any atom is 0.416 e. The van der Waals surface area contributed by atoms with Crippen molar-refractivity contribution in [2.75, 3.05) is 13.1 Å². The Morgan fingerprint density at radius 3 is 2.72 bits per heavy atom. The molecule has 1 heterocycles. The molecule has 0 unspecified atom stereocenters. The number of hydrogen-bond donors (Lipinski definition) is 2. The zero-order valence-electron chi connectivity index (χ0n) is 14.2. The van der Waals surface area contributed by atoms with Gasteiger partial charge in [-0.05, 0) is 31.5 Å². The molecule has 0 radical (unpaired) electrons. The van der Waals surface area contributed by atoms with E-state index in [2.05, 4.69) is 20.6 Å². The number of nitrogens with zero attached hydrogens (tertiary/aromatic N) is 2. The summed E-state index contributed by atoms with van der Waals surface area (Å²) in [5.41, 5.74) is 0.878. The molecule has 25 heavy (non-hydrogen) atoms. The molecule has 0 amide bonds. The first kappa shape index (κ1) is 19.2. The van der Waals surface area contributed by atoms with Gasteiger partial charge in [-0.2, -0.15) is 13.2 Å². The highest BCUT2D eigenvalue weighted by Gasteiger charge is 2.30. The predicted molar refractivity (Wildman–Crippen MR) is 94.8 cm³/mol. The molecule has 0 spiro atoms. The van der Waals surface area contributed by atoms with Crippen molar-refractivity contribution >= 4 is 17.3 Å². The van der Waals surface area contributed by atoms with Crippen molar-refractivity contribution in [1.82, 2.24) is 15.6 Å². The van der Waals surface area contributed by atoms with E-state index in [0.29, 0.717) is 24.6 Å². The molecule has 0 aliphatic carbocycles. The summed E-state index contributed by atoms with van der Waals surface area (Å²) in [6, 6.07) is 5.23. The van der Waals surface area contributed by atoms with Crippen LogP contribution in [0, 0.1) is 6.92 Å². The molecule has 2 N–H and O–H groups in total. The molecule has 0 atom stereocenters. The van der Waals surface area contributed by atoms with Gasteiger partial charge in [0.05, 0.1) is 22.8 Å². The lowest BCUT2D eigenvalue weighted by molar-refractivity contribution is -0.137. The van der Waals surface area contributed by atoms with Crippen LogP contribution in [0.1, 0.15) is 28.8 Å². The first-order valence-corrected chi connectivity index (χ1v) is 8.85. The van der Waals surface area contributed by atoms with Crippen LogP contribution in [0.2, 0.25) is 0 Å². The molecule has 0 aliphatic heterocycles. The van der Waals surface area contributed by atoms with E-state index in [9.17, 15) is 13.2 Å². The largest absolute Gasteiger partial charge is 0.416 e. The van der Waals surface area contributed by atoms with Crippen LogP contribution in [0.4, 0.5) is 13.2 Å². The van der Waals surface area contributed by atoms with Gasteiger partial charge in [-0.15, -0.1) is 11.3 Å². The molecular weight excluding hydrogens is 349 g/mol. The van der Waals surface area contributed by atoms with Crippen LogP contribution < -0.4 is 10.6 Å². The second-order valence-corrected chi connectivity index (χ2v) is 6.49. The van der Waals surface area contributed by atoms with Gasteiger partial charge in [0.25, 0.3) is 0 Å². The van der Waals surface area contributed by atoms with Gasteiger partial charge in [-0.1, -0.05) is 12.1 Å². The third-order valence-corrected chi connectivity index (χ3v) is 4.18. The summed E-state index contributed by atoms with van der Waals surface area (Å²) in [5, 5.41) is 9.31. The normalized spacial score (nSPS) is 12.3. The van der Waals surface area contributed by atoms with Gasteiger partial charge in [-0.3, -0.25) is 0 Å². The maximum atomic E-state index is 12.8. The molecule has 0 bridgehead atoms. The SMILES string of the molecule is CCNC(=NCc1cccc(C(F)(F)F)c1)NCCc1csc(C)n1. The lowest BCUT2D eigenvalue weighted by Gasteiger charge is -2.11. The first-order chi connectivity index (χ1) is 11.9. The lowest BCUT2D eigenvalue weighted by atomic mass is 10.1. The number of aromatic nitrogens is 1. The molecule has 1 aromatic heterocycles. The van der Waals surface area contributed by atoms with Crippen LogP contribution >= 0.6 is 11.3 Å². The summed E-state index contributed by atoms with van der Waals surface area (Å²) >= 11 is 1.61. The van der Waals surface area contributed by atoms with E-state index < -0.39 is 11.7 Å². The summed E-state index contributed by atoms with van der Waals surface area (Å²) < 4.78 is 38.3. The van der Waals surface area contributed by atoms with Crippen molar-refractivity contribution < 1.29 is 13.2 Å². The Hall–Kier alpha value is -2.09. The van der Waals surface area contributed by atoms with Gasteiger partial charge in [0.1, 0.15) is 0 Å². The third kappa shape index (κ3) is 6.38. The number of hydrogen-bond acceptors (Lipinski definition) is 3. The lowest BCUT2D eigenvalue weighted by Crippen LogP contribution is -2.38. The number of rotatable bonds is 6. The summed E-state index contributed by atoms with van der Waals surface area (Å²) in [6.07, 6.45) is -3.58. The Balaban J connectivity index is 1.94. The zero-order valence-corrected chi connectivity index (χ0v) is 15.0. The van der Waals surface area contributed by atoms with E-state index in [4.69, 9.17) is 0 Å². The molecule has 0 saturated heterocycles. The van der Waals surface area contributed by atoms with Gasteiger partial charge < -0.3 is 10.6 Å². The van der Waals surface area contributed by atoms with Crippen LogP contribution in [0.3, 0.4) is 0 Å². The average Bonchev–Trinajstić information content (AvgIpc) is 2.97. The number of aryl methyl sites for hydroxylation is 1. The smallest absolute Gasteiger partial charge is 0.357 e. The zero-order chi connectivity index (χ0) is 18.3. The number of guanidine groups is 1. The van der Waals surface area contributed by atoms with Crippen LogP contribution in [-0.4, -0.2) is 24.0 Å². The van der Waals surface area contributed by atoms with Crippen LogP contribution in [-0.2, 0) is 19.1 Å². The molecule has 1 aromatic carbocycles. The Morgan fingerprint density at radius 1 is 1.28 bits per heavy atom. The Kier molecular flexibility index (Phi) is 6.81. The number of benzene rings is 1. The molecule has 0 saturated carbocycles. The van der Waals surface area contributed by atoms with Crippen molar-refractivity contribution in [2.24, 2.45) is 4.99 Å². The highest BCUT2D eigenvalue weighted by molar-refractivity contribution is 7.09. The van der Waals surface area contributed by atoms with E-state index in [0.717, 1.165) is 29.3 Å². The van der Waals surface area contributed by atoms with Crippen LogP contribution in [0.15, 0.2) is 34.6 Å². The highest BCUT2D eigenvalue weighted by atomic mass is 32.1. The van der Waals surface area contributed by atoms with Crippen LogP contribution in [0.25, 0.3) is 0 Å². The minimum absolute atomic E-state index is 0.176. The Labute approximate surface area is 149 Å². The summed E-state index contributed by atoms with van der Waals surface area (Å²) in [6.45, 7) is 5.39. The molecule has 136 valence electrons. The van der Waals surface area contributed by atoms with Gasteiger partial charge in [0.15, 0.2) is 5.96 Å². The van der Waals surface area contributed by atoms with Crippen molar-refractivity contribution in [3.8, 4) is 0 Å². The fraction of sp³-hybridized carbons (Fsp3) is 0.412. The van der Waals surface area contributed by atoms with E-state index >= 15 is 0 Å². The molecule has 0 aliphatic rings. The summed E-state index contributed by atoms with van der Waals surface area (Å²) in [4.78, 5) is 8.74. The van der Waals surface area contributed by atoms with Gasteiger partial charge in [0.2, 0.25) is 0 Å². The minimum atomic E-state index is -4.34. The number of halogens is 3. The van der Waals surface area contributed by atoms with Crippen molar-refractivity contribution in [3.05, 3.63) is 51.5 Å². The molecule has 2 rings (SSSR count). The molecule has 4 nitrogen and oxygen atoms in total. The van der Waals surface area contributed by atoms with Gasteiger partial charge >= 0.3 is 6.18 Å². The minimum Gasteiger partial charge on any atom is -0.357 e. The fourth-order valence-corrected chi connectivity index (χ4v) is 2.84. The van der Waals surface area contributed by atoms with E-state index in [1.165, 1.54) is 6.07 Å². The van der Waals surface area contributed by atoms with Crippen molar-refractivity contribution in [2.45, 2.75) is 33.0 Å². The quantitative estimate of drug-likeness (QED) is 0.601. The topological polar surface area (TPSA) is 49.3 Å². The fourth-order valence-electron chi connectivity index (χ4n) is 2.19. The standard InChI is InChI=1S/C17H21F3N4S/c1-3-21-16(22-8-7-15-11-25-12(2)24-15)23-10-13-5-4-6-14(9-13)17(18,19)20/h4-6,9,11H,3,7-8,10H2,1-2H3,(H2,21,22,23). The van der Waals surface area contributed by atoms with Gasteiger partial charge in [-0.25, -0.2) is 9.98 Å². The summed E-state index contributed by atoms with van der Waals surface area (Å²) in [5.74, 6) is 0.576. The maximum absolute atomic E-state index is 12.8. The van der Waals surface area contributed by atoms with E-state index in [-0.39, 0.29) is 6.54 Å². The highest BCUT2D eigenvalue weighted by Crippen LogP contribution is 2.29. The van der Waals surface area contributed by atoms with Crippen molar-refractivity contribution in [1.29, 1.82) is 0 Å². The monoisotopic (exact) mass is 370 g/mol. The molecule has 2 aromatic rings. The number of thiazole rings is 1.